The summed E-state index contributed by atoms with van der Waals surface area (Å²) < 4.78 is 42.3. The summed E-state index contributed by atoms with van der Waals surface area (Å²) in [5.74, 6) is -0.394. The Morgan fingerprint density at radius 2 is 1.83 bits per heavy atom. The van der Waals surface area contributed by atoms with Gasteiger partial charge in [0.1, 0.15) is 5.82 Å². The van der Waals surface area contributed by atoms with Crippen molar-refractivity contribution >= 4 is 15.5 Å². The van der Waals surface area contributed by atoms with E-state index in [1.54, 1.807) is 35.0 Å². The van der Waals surface area contributed by atoms with E-state index in [9.17, 15) is 12.8 Å². The number of hydrogen-bond donors (Lipinski definition) is 1. The molecule has 0 radical (unpaired) electrons. The number of halogens is 1. The number of sulfone groups is 1. The van der Waals surface area contributed by atoms with E-state index in [0.717, 1.165) is 11.3 Å². The summed E-state index contributed by atoms with van der Waals surface area (Å²) in [4.78, 5) is 2.09. The maximum Gasteiger partial charge on any atom is 0.223 e. The fourth-order valence-electron chi connectivity index (χ4n) is 3.79. The van der Waals surface area contributed by atoms with Gasteiger partial charge in [-0.1, -0.05) is 22.9 Å². The van der Waals surface area contributed by atoms with Gasteiger partial charge < -0.3 is 10.2 Å². The first-order valence-corrected chi connectivity index (χ1v) is 10.6. The molecular formula is C20H18FN5O2S. The molecule has 0 fully saturated rings. The van der Waals surface area contributed by atoms with E-state index in [2.05, 4.69) is 15.6 Å². The summed E-state index contributed by atoms with van der Waals surface area (Å²) in [5.41, 5.74) is 4.20. The molecule has 148 valence electrons. The van der Waals surface area contributed by atoms with Crippen molar-refractivity contribution in [3.05, 3.63) is 76.0 Å². The van der Waals surface area contributed by atoms with Gasteiger partial charge in [0, 0.05) is 12.5 Å². The Morgan fingerprint density at radius 1 is 1.07 bits per heavy atom. The lowest BCUT2D eigenvalue weighted by molar-refractivity contribution is 0.598. The summed E-state index contributed by atoms with van der Waals surface area (Å²) in [6, 6.07) is 11.2. The molecule has 29 heavy (non-hydrogen) atoms. The first-order valence-electron chi connectivity index (χ1n) is 9.13. The summed E-state index contributed by atoms with van der Waals surface area (Å²) in [7, 11) is -3.75. The van der Waals surface area contributed by atoms with Crippen molar-refractivity contribution in [1.82, 2.24) is 20.3 Å². The van der Waals surface area contributed by atoms with E-state index in [-0.39, 0.29) is 16.6 Å². The summed E-state index contributed by atoms with van der Waals surface area (Å²) in [5, 5.41) is 11.5. The van der Waals surface area contributed by atoms with E-state index in [0.29, 0.717) is 29.2 Å². The molecule has 5 rings (SSSR count). The monoisotopic (exact) mass is 411 g/mol. The number of anilines is 1. The molecule has 3 aromatic rings. The molecule has 3 heterocycles. The average molecular weight is 411 g/mol. The minimum Gasteiger partial charge on any atom is -0.356 e. The lowest BCUT2D eigenvalue weighted by atomic mass is 10.2. The van der Waals surface area contributed by atoms with Gasteiger partial charge in [-0.05, 0) is 38.1 Å². The fraction of sp³-hybridized carbons (Fsp3) is 0.200. The van der Waals surface area contributed by atoms with Crippen molar-refractivity contribution in [1.29, 1.82) is 0 Å². The van der Waals surface area contributed by atoms with Crippen LogP contribution in [-0.2, 0) is 16.3 Å². The second-order valence-corrected chi connectivity index (χ2v) is 9.08. The Labute approximate surface area is 167 Å². The fourth-order valence-corrected chi connectivity index (χ4v) is 5.27. The first-order chi connectivity index (χ1) is 13.9. The normalized spacial score (nSPS) is 15.5. The molecule has 0 bridgehead atoms. The second-order valence-electron chi connectivity index (χ2n) is 7.20. The molecule has 1 N–H and O–H groups in total. The number of nitrogens with zero attached hydrogens (tertiary/aromatic N) is 4. The average Bonchev–Trinajstić information content (AvgIpc) is 3.24. The van der Waals surface area contributed by atoms with Crippen molar-refractivity contribution in [2.45, 2.75) is 25.2 Å². The SMILES string of the molecule is Cc1ccc(S(=O)(=O)C2=C3Cc4c(C)nnn4-c4cc(F)ccc4N3CN2)cc1. The van der Waals surface area contributed by atoms with Crippen LogP contribution in [0.2, 0.25) is 0 Å². The van der Waals surface area contributed by atoms with Crippen molar-refractivity contribution < 1.29 is 12.8 Å². The topological polar surface area (TPSA) is 80.1 Å². The van der Waals surface area contributed by atoms with Gasteiger partial charge in [-0.25, -0.2) is 17.5 Å². The third kappa shape index (κ3) is 2.65. The van der Waals surface area contributed by atoms with Gasteiger partial charge in [0.05, 0.1) is 40.0 Å². The predicted octanol–water partition coefficient (Wildman–Crippen LogP) is 2.59. The molecule has 2 aliphatic heterocycles. The van der Waals surface area contributed by atoms with Gasteiger partial charge in [0.2, 0.25) is 9.84 Å². The Morgan fingerprint density at radius 3 is 2.59 bits per heavy atom. The molecule has 0 spiro atoms. The van der Waals surface area contributed by atoms with E-state index in [1.165, 1.54) is 12.1 Å². The Kier molecular flexibility index (Phi) is 3.79. The zero-order valence-corrected chi connectivity index (χ0v) is 16.7. The van der Waals surface area contributed by atoms with Crippen LogP contribution >= 0.6 is 0 Å². The first kappa shape index (κ1) is 17.9. The van der Waals surface area contributed by atoms with Crippen LogP contribution in [0.15, 0.2) is 58.1 Å². The van der Waals surface area contributed by atoms with Gasteiger partial charge in [0.25, 0.3) is 0 Å². The quantitative estimate of drug-likeness (QED) is 0.698. The van der Waals surface area contributed by atoms with Crippen LogP contribution in [-0.4, -0.2) is 30.1 Å². The number of hydrogen-bond acceptors (Lipinski definition) is 6. The molecule has 7 nitrogen and oxygen atoms in total. The third-order valence-electron chi connectivity index (χ3n) is 5.33. The van der Waals surface area contributed by atoms with E-state index in [4.69, 9.17) is 0 Å². The molecule has 1 aromatic heterocycles. The van der Waals surface area contributed by atoms with Crippen molar-refractivity contribution in [3.63, 3.8) is 0 Å². The minimum atomic E-state index is -3.75. The highest BCUT2D eigenvalue weighted by atomic mass is 32.2. The number of fused-ring (bicyclic) bond motifs is 5. The Bertz CT molecular complexity index is 1280. The zero-order chi connectivity index (χ0) is 20.3. The highest BCUT2D eigenvalue weighted by Gasteiger charge is 2.37. The molecule has 0 aliphatic carbocycles. The summed E-state index contributed by atoms with van der Waals surface area (Å²) >= 11 is 0. The molecule has 2 aromatic carbocycles. The number of benzene rings is 2. The molecule has 0 saturated carbocycles. The lowest BCUT2D eigenvalue weighted by Crippen LogP contribution is -2.24. The van der Waals surface area contributed by atoms with Gasteiger partial charge >= 0.3 is 0 Å². The van der Waals surface area contributed by atoms with Crippen molar-refractivity contribution in [2.24, 2.45) is 0 Å². The standard InChI is InChI=1S/C20H18FN5O2S/c1-12-3-6-15(7-4-12)29(27,28)20-19-10-17-13(2)23-24-26(17)18-9-14(21)5-8-16(18)25(19)11-22-20/h3-9,22H,10-11H2,1-2H3. The van der Waals surface area contributed by atoms with Crippen LogP contribution in [0.4, 0.5) is 10.1 Å². The smallest absolute Gasteiger partial charge is 0.223 e. The number of nitrogens with one attached hydrogen (secondary N) is 1. The number of rotatable bonds is 2. The Hall–Kier alpha value is -3.20. The van der Waals surface area contributed by atoms with Crippen LogP contribution in [0, 0.1) is 19.7 Å². The predicted molar refractivity (Wildman–Crippen MR) is 106 cm³/mol. The van der Waals surface area contributed by atoms with E-state index in [1.807, 2.05) is 18.7 Å². The van der Waals surface area contributed by atoms with Crippen LogP contribution in [0.1, 0.15) is 17.0 Å². The Balaban J connectivity index is 1.74. The second kappa shape index (κ2) is 6.15. The van der Waals surface area contributed by atoms with Crippen LogP contribution < -0.4 is 10.2 Å². The zero-order valence-electron chi connectivity index (χ0n) is 15.8. The molecule has 0 atom stereocenters. The largest absolute Gasteiger partial charge is 0.356 e. The molecule has 9 heteroatoms. The van der Waals surface area contributed by atoms with Gasteiger partial charge in [0.15, 0.2) is 5.03 Å². The highest BCUT2D eigenvalue weighted by Crippen LogP contribution is 2.38. The molecular weight excluding hydrogens is 393 g/mol. The molecule has 0 saturated heterocycles. The van der Waals surface area contributed by atoms with Crippen molar-refractivity contribution in [3.8, 4) is 5.69 Å². The van der Waals surface area contributed by atoms with E-state index < -0.39 is 15.7 Å². The molecule has 0 amide bonds. The highest BCUT2D eigenvalue weighted by molar-refractivity contribution is 7.95. The number of aromatic nitrogens is 3. The summed E-state index contributed by atoms with van der Waals surface area (Å²) in [6.45, 7) is 3.99. The van der Waals surface area contributed by atoms with Crippen LogP contribution in [0.25, 0.3) is 5.69 Å². The maximum atomic E-state index is 14.0. The number of allylic oxidation sites excluding steroid dienone is 1. The van der Waals surface area contributed by atoms with Crippen LogP contribution in [0.3, 0.4) is 0 Å². The van der Waals surface area contributed by atoms with Crippen LogP contribution in [0.5, 0.6) is 0 Å². The number of aryl methyl sites for hydroxylation is 2. The van der Waals surface area contributed by atoms with Crippen molar-refractivity contribution in [2.75, 3.05) is 11.6 Å². The summed E-state index contributed by atoms with van der Waals surface area (Å²) in [6.07, 6.45) is 0.308. The van der Waals surface area contributed by atoms with Gasteiger partial charge in [-0.15, -0.1) is 5.10 Å². The third-order valence-corrected chi connectivity index (χ3v) is 7.14. The minimum absolute atomic E-state index is 0.158. The van der Waals surface area contributed by atoms with Gasteiger partial charge in [-0.2, -0.15) is 0 Å². The van der Waals surface area contributed by atoms with E-state index >= 15 is 0 Å². The van der Waals surface area contributed by atoms with Gasteiger partial charge in [-0.3, -0.25) is 0 Å². The maximum absolute atomic E-state index is 14.0. The molecule has 0 unspecified atom stereocenters. The molecule has 2 aliphatic rings. The lowest BCUT2D eigenvalue weighted by Gasteiger charge is -2.20.